The summed E-state index contributed by atoms with van der Waals surface area (Å²) in [7, 11) is 0. The van der Waals surface area contributed by atoms with Crippen molar-refractivity contribution in [1.29, 1.82) is 0 Å². The molecular weight excluding hydrogens is 334 g/mol. The number of hydrogen-bond acceptors (Lipinski definition) is 4. The molecule has 0 bridgehead atoms. The van der Waals surface area contributed by atoms with Crippen molar-refractivity contribution in [3.8, 4) is 0 Å². The molecule has 122 valence electrons. The Hall–Kier alpha value is -1.47. The van der Waals surface area contributed by atoms with Gasteiger partial charge in [0.2, 0.25) is 0 Å². The lowest BCUT2D eigenvalue weighted by atomic mass is 10.1. The molecule has 0 atom stereocenters. The molecule has 23 heavy (non-hydrogen) atoms. The van der Waals surface area contributed by atoms with E-state index in [1.807, 2.05) is 24.3 Å². The van der Waals surface area contributed by atoms with Crippen molar-refractivity contribution >= 4 is 34.0 Å². The van der Waals surface area contributed by atoms with E-state index >= 15 is 0 Å². The standard InChI is InChI=1S/C16H18ClN3O2S/c17-14-4-2-1-3-12(14)9-13-10-18-16(23-13)19-15(21)11-20-5-7-22-8-6-20/h1-4,10H,5-9,11H2,(H,18,19,21)/p+1. The third kappa shape index (κ3) is 4.75. The molecule has 0 aliphatic carbocycles. The van der Waals surface area contributed by atoms with E-state index in [0.717, 1.165) is 48.2 Å². The topological polar surface area (TPSA) is 55.7 Å². The van der Waals surface area contributed by atoms with Crippen LogP contribution in [0.5, 0.6) is 0 Å². The summed E-state index contributed by atoms with van der Waals surface area (Å²) in [5.41, 5.74) is 1.06. The highest BCUT2D eigenvalue weighted by atomic mass is 35.5. The van der Waals surface area contributed by atoms with Crippen LogP contribution in [0.4, 0.5) is 5.13 Å². The van der Waals surface area contributed by atoms with Crippen LogP contribution in [0.25, 0.3) is 0 Å². The third-order valence-corrected chi connectivity index (χ3v) is 5.01. The number of ether oxygens (including phenoxy) is 1. The largest absolute Gasteiger partial charge is 0.370 e. The summed E-state index contributed by atoms with van der Waals surface area (Å²) >= 11 is 7.67. The van der Waals surface area contributed by atoms with Gasteiger partial charge in [-0.25, -0.2) is 4.98 Å². The monoisotopic (exact) mass is 352 g/mol. The maximum Gasteiger partial charge on any atom is 0.281 e. The van der Waals surface area contributed by atoms with Crippen molar-refractivity contribution in [3.05, 3.63) is 45.9 Å². The first-order valence-electron chi connectivity index (χ1n) is 7.60. The van der Waals surface area contributed by atoms with E-state index in [1.54, 1.807) is 6.20 Å². The summed E-state index contributed by atoms with van der Waals surface area (Å²) in [6.45, 7) is 3.67. The quantitative estimate of drug-likeness (QED) is 0.851. The molecule has 2 N–H and O–H groups in total. The number of aromatic nitrogens is 1. The van der Waals surface area contributed by atoms with Gasteiger partial charge in [-0.2, -0.15) is 0 Å². The van der Waals surface area contributed by atoms with Crippen LogP contribution in [0, 0.1) is 0 Å². The molecule has 1 aromatic heterocycles. The van der Waals surface area contributed by atoms with Crippen LogP contribution in [0.1, 0.15) is 10.4 Å². The predicted octanol–water partition coefficient (Wildman–Crippen LogP) is 1.24. The highest BCUT2D eigenvalue weighted by Crippen LogP contribution is 2.24. The predicted molar refractivity (Wildman–Crippen MR) is 91.4 cm³/mol. The van der Waals surface area contributed by atoms with E-state index in [2.05, 4.69) is 10.3 Å². The number of morpholine rings is 1. The second kappa shape index (κ2) is 7.88. The molecule has 0 spiro atoms. The van der Waals surface area contributed by atoms with Crippen LogP contribution in [0.15, 0.2) is 30.5 Å². The highest BCUT2D eigenvalue weighted by Gasteiger charge is 2.18. The SMILES string of the molecule is O=C(C[NH+]1CCOCC1)Nc1ncc(Cc2ccccc2Cl)s1. The van der Waals surface area contributed by atoms with Gasteiger partial charge in [-0.15, -0.1) is 11.3 Å². The fourth-order valence-electron chi connectivity index (χ4n) is 2.50. The lowest BCUT2D eigenvalue weighted by Gasteiger charge is -2.22. The second-order valence-corrected chi connectivity index (χ2v) is 7.01. The van der Waals surface area contributed by atoms with Crippen molar-refractivity contribution < 1.29 is 14.4 Å². The van der Waals surface area contributed by atoms with Crippen molar-refractivity contribution in [3.63, 3.8) is 0 Å². The van der Waals surface area contributed by atoms with E-state index in [4.69, 9.17) is 16.3 Å². The highest BCUT2D eigenvalue weighted by molar-refractivity contribution is 7.15. The number of nitrogens with zero attached hydrogens (tertiary/aromatic N) is 1. The molecule has 1 fully saturated rings. The van der Waals surface area contributed by atoms with Crippen molar-refractivity contribution in [2.45, 2.75) is 6.42 Å². The van der Waals surface area contributed by atoms with Gasteiger partial charge in [0.25, 0.3) is 5.91 Å². The van der Waals surface area contributed by atoms with Crippen LogP contribution in [-0.2, 0) is 16.0 Å². The number of carbonyl (C=O) groups excluding carboxylic acids is 1. The molecule has 5 nitrogen and oxygen atoms in total. The first-order valence-corrected chi connectivity index (χ1v) is 8.79. The second-order valence-electron chi connectivity index (χ2n) is 5.49. The van der Waals surface area contributed by atoms with E-state index < -0.39 is 0 Å². The van der Waals surface area contributed by atoms with Gasteiger partial charge in [0.1, 0.15) is 13.1 Å². The van der Waals surface area contributed by atoms with E-state index in [0.29, 0.717) is 11.7 Å². The Balaban J connectivity index is 1.54. The Morgan fingerprint density at radius 2 is 2.13 bits per heavy atom. The normalized spacial score (nSPS) is 15.5. The number of halogens is 1. The Bertz CT molecular complexity index is 671. The van der Waals surface area contributed by atoms with Gasteiger partial charge in [-0.3, -0.25) is 10.1 Å². The van der Waals surface area contributed by atoms with Gasteiger partial charge in [-0.05, 0) is 11.6 Å². The maximum atomic E-state index is 12.1. The molecule has 0 saturated carbocycles. The van der Waals surface area contributed by atoms with Gasteiger partial charge < -0.3 is 9.64 Å². The number of carbonyl (C=O) groups is 1. The molecule has 1 saturated heterocycles. The first-order chi connectivity index (χ1) is 11.2. The summed E-state index contributed by atoms with van der Waals surface area (Å²) in [6, 6.07) is 7.77. The summed E-state index contributed by atoms with van der Waals surface area (Å²) in [4.78, 5) is 18.7. The molecule has 3 rings (SSSR count). The number of anilines is 1. The molecule has 2 aromatic rings. The number of amides is 1. The molecule has 1 amide bonds. The average Bonchev–Trinajstić information content (AvgIpc) is 2.97. The summed E-state index contributed by atoms with van der Waals surface area (Å²) in [6.07, 6.45) is 2.52. The Morgan fingerprint density at radius 3 is 2.91 bits per heavy atom. The van der Waals surface area contributed by atoms with Crippen molar-refractivity contribution in [1.82, 2.24) is 4.98 Å². The van der Waals surface area contributed by atoms with Gasteiger partial charge in [0, 0.05) is 22.5 Å². The molecule has 1 aliphatic rings. The summed E-state index contributed by atoms with van der Waals surface area (Å²) in [5.74, 6) is 0.000503. The van der Waals surface area contributed by atoms with Crippen LogP contribution in [0.2, 0.25) is 5.02 Å². The minimum atomic E-state index is 0.000503. The maximum absolute atomic E-state index is 12.1. The molecule has 0 unspecified atom stereocenters. The van der Waals surface area contributed by atoms with E-state index in [9.17, 15) is 4.79 Å². The zero-order valence-corrected chi connectivity index (χ0v) is 14.3. The van der Waals surface area contributed by atoms with E-state index in [1.165, 1.54) is 16.2 Å². The van der Waals surface area contributed by atoms with Gasteiger partial charge in [-0.1, -0.05) is 29.8 Å². The molecule has 1 aliphatic heterocycles. The molecule has 1 aromatic carbocycles. The molecule has 7 heteroatoms. The zero-order chi connectivity index (χ0) is 16.1. The fourth-order valence-corrected chi connectivity index (χ4v) is 3.56. The Labute approximate surface area is 144 Å². The van der Waals surface area contributed by atoms with Crippen LogP contribution >= 0.6 is 22.9 Å². The van der Waals surface area contributed by atoms with Crippen molar-refractivity contribution in [2.24, 2.45) is 0 Å². The average molecular weight is 353 g/mol. The number of nitrogens with one attached hydrogen (secondary N) is 2. The number of rotatable bonds is 5. The lowest BCUT2D eigenvalue weighted by molar-refractivity contribution is -0.899. The fraction of sp³-hybridized carbons (Fsp3) is 0.375. The smallest absolute Gasteiger partial charge is 0.281 e. The van der Waals surface area contributed by atoms with Crippen LogP contribution in [0.3, 0.4) is 0 Å². The van der Waals surface area contributed by atoms with Gasteiger partial charge in [0.05, 0.1) is 13.2 Å². The minimum absolute atomic E-state index is 0.000503. The Kier molecular flexibility index (Phi) is 5.61. The summed E-state index contributed by atoms with van der Waals surface area (Å²) in [5, 5.41) is 4.28. The Morgan fingerprint density at radius 1 is 1.35 bits per heavy atom. The molecule has 2 heterocycles. The van der Waals surface area contributed by atoms with Crippen molar-refractivity contribution in [2.75, 3.05) is 38.2 Å². The summed E-state index contributed by atoms with van der Waals surface area (Å²) < 4.78 is 5.30. The van der Waals surface area contributed by atoms with Gasteiger partial charge >= 0.3 is 0 Å². The van der Waals surface area contributed by atoms with Gasteiger partial charge in [0.15, 0.2) is 11.7 Å². The zero-order valence-electron chi connectivity index (χ0n) is 12.7. The van der Waals surface area contributed by atoms with Crippen LogP contribution < -0.4 is 10.2 Å². The van der Waals surface area contributed by atoms with E-state index in [-0.39, 0.29) is 5.91 Å². The molecular formula is C16H19ClN3O2S+. The lowest BCUT2D eigenvalue weighted by Crippen LogP contribution is -3.15. The number of quaternary nitrogens is 1. The number of hydrogen-bond donors (Lipinski definition) is 2. The molecule has 0 radical (unpaired) electrons. The minimum Gasteiger partial charge on any atom is -0.370 e. The number of thiazole rings is 1. The third-order valence-electron chi connectivity index (χ3n) is 3.73. The number of benzene rings is 1. The van der Waals surface area contributed by atoms with Crippen LogP contribution in [-0.4, -0.2) is 43.7 Å². The first kappa shape index (κ1) is 16.4.